The summed E-state index contributed by atoms with van der Waals surface area (Å²) < 4.78 is 23.1. The van der Waals surface area contributed by atoms with E-state index >= 15 is 0 Å². The molecule has 0 aromatic carbocycles. The molecule has 2 aliphatic carbocycles. The van der Waals surface area contributed by atoms with Gasteiger partial charge in [0.2, 0.25) is 0 Å². The van der Waals surface area contributed by atoms with Crippen LogP contribution in [-0.2, 0) is 28.5 Å². The van der Waals surface area contributed by atoms with Crippen LogP contribution in [0.15, 0.2) is 0 Å². The molecule has 0 aromatic heterocycles. The molecule has 7 heteroatoms. The SMILES string of the molecule is CC(=O)O[C@H]1C[C@@](C)(O)[C@@]23O[C@@H]2[C@@H]2O[C@]2(C)[C@@H]3[C@H]2OC(=O)[C@H](C)[C@@H]21. The first-order chi connectivity index (χ1) is 11.1. The van der Waals surface area contributed by atoms with Gasteiger partial charge in [0.05, 0.1) is 17.4 Å². The van der Waals surface area contributed by atoms with Gasteiger partial charge >= 0.3 is 11.9 Å². The fourth-order valence-electron chi connectivity index (χ4n) is 5.94. The van der Waals surface area contributed by atoms with Crippen molar-refractivity contribution in [3.05, 3.63) is 0 Å². The molecule has 0 aromatic rings. The summed E-state index contributed by atoms with van der Waals surface area (Å²) in [6.45, 7) is 6.87. The predicted octanol–water partition coefficient (Wildman–Crippen LogP) is 0.175. The summed E-state index contributed by atoms with van der Waals surface area (Å²) in [5.41, 5.74) is -2.42. The molecule has 0 bridgehead atoms. The number of esters is 2. The molecule has 5 rings (SSSR count). The Kier molecular flexibility index (Phi) is 2.50. The van der Waals surface area contributed by atoms with Crippen LogP contribution in [0.3, 0.4) is 0 Å². The third kappa shape index (κ3) is 1.46. The molecule has 132 valence electrons. The zero-order valence-corrected chi connectivity index (χ0v) is 14.1. The Morgan fingerprint density at radius 3 is 2.67 bits per heavy atom. The number of ether oxygens (including phenoxy) is 4. The van der Waals surface area contributed by atoms with E-state index in [9.17, 15) is 14.7 Å². The van der Waals surface area contributed by atoms with E-state index in [0.717, 1.165) is 0 Å². The lowest BCUT2D eigenvalue weighted by atomic mass is 9.73. The van der Waals surface area contributed by atoms with Gasteiger partial charge in [-0.3, -0.25) is 9.59 Å². The van der Waals surface area contributed by atoms with Crippen LogP contribution in [0.25, 0.3) is 0 Å². The second-order valence-corrected chi connectivity index (χ2v) is 8.42. The largest absolute Gasteiger partial charge is 0.462 e. The number of hydrogen-bond donors (Lipinski definition) is 1. The van der Waals surface area contributed by atoms with Crippen molar-refractivity contribution in [1.82, 2.24) is 0 Å². The maximum Gasteiger partial charge on any atom is 0.309 e. The summed E-state index contributed by atoms with van der Waals surface area (Å²) in [7, 11) is 0. The summed E-state index contributed by atoms with van der Waals surface area (Å²) in [5.74, 6) is -1.67. The van der Waals surface area contributed by atoms with E-state index in [1.807, 2.05) is 6.92 Å². The van der Waals surface area contributed by atoms with Crippen molar-refractivity contribution in [2.45, 2.75) is 75.3 Å². The highest BCUT2D eigenvalue weighted by atomic mass is 16.7. The van der Waals surface area contributed by atoms with E-state index < -0.39 is 40.9 Å². The molecule has 1 N–H and O–H groups in total. The number of aliphatic hydroxyl groups is 1. The molecule has 2 saturated carbocycles. The smallest absolute Gasteiger partial charge is 0.309 e. The maximum atomic E-state index is 12.3. The molecule has 24 heavy (non-hydrogen) atoms. The van der Waals surface area contributed by atoms with Crippen molar-refractivity contribution in [2.75, 3.05) is 0 Å². The van der Waals surface area contributed by atoms with Gasteiger partial charge in [-0.2, -0.15) is 0 Å². The second-order valence-electron chi connectivity index (χ2n) is 8.42. The monoisotopic (exact) mass is 338 g/mol. The van der Waals surface area contributed by atoms with Gasteiger partial charge in [0.15, 0.2) is 0 Å². The number of epoxide rings is 2. The minimum Gasteiger partial charge on any atom is -0.462 e. The quantitative estimate of drug-likeness (QED) is 0.538. The predicted molar refractivity (Wildman–Crippen MR) is 77.7 cm³/mol. The maximum absolute atomic E-state index is 12.3. The van der Waals surface area contributed by atoms with E-state index in [2.05, 4.69) is 0 Å². The van der Waals surface area contributed by atoms with E-state index in [1.54, 1.807) is 13.8 Å². The van der Waals surface area contributed by atoms with E-state index in [0.29, 0.717) is 0 Å². The van der Waals surface area contributed by atoms with Crippen LogP contribution in [-0.4, -0.2) is 58.3 Å². The molecule has 3 saturated heterocycles. The van der Waals surface area contributed by atoms with Crippen molar-refractivity contribution >= 4 is 11.9 Å². The molecular weight excluding hydrogens is 316 g/mol. The van der Waals surface area contributed by atoms with Crippen LogP contribution in [0, 0.1) is 17.8 Å². The molecule has 10 atom stereocenters. The van der Waals surface area contributed by atoms with Crippen LogP contribution in [0.4, 0.5) is 0 Å². The summed E-state index contributed by atoms with van der Waals surface area (Å²) >= 11 is 0. The van der Waals surface area contributed by atoms with Gasteiger partial charge in [0, 0.05) is 19.3 Å². The first kappa shape index (κ1) is 15.1. The van der Waals surface area contributed by atoms with E-state index in [4.69, 9.17) is 18.9 Å². The summed E-state index contributed by atoms with van der Waals surface area (Å²) in [4.78, 5) is 23.9. The molecular formula is C17H22O7. The molecule has 1 spiro atoms. The van der Waals surface area contributed by atoms with Crippen molar-refractivity contribution in [3.8, 4) is 0 Å². The first-order valence-corrected chi connectivity index (χ1v) is 8.59. The highest BCUT2D eigenvalue weighted by molar-refractivity contribution is 5.75. The highest BCUT2D eigenvalue weighted by Gasteiger charge is 2.93. The van der Waals surface area contributed by atoms with Crippen LogP contribution < -0.4 is 0 Å². The van der Waals surface area contributed by atoms with Crippen molar-refractivity contribution in [3.63, 3.8) is 0 Å². The molecule has 7 nitrogen and oxygen atoms in total. The van der Waals surface area contributed by atoms with Gasteiger partial charge in [0.25, 0.3) is 0 Å². The molecule has 0 radical (unpaired) electrons. The van der Waals surface area contributed by atoms with Crippen LogP contribution in [0.2, 0.25) is 0 Å². The van der Waals surface area contributed by atoms with Crippen molar-refractivity contribution < 1.29 is 33.6 Å². The molecule has 3 heterocycles. The lowest BCUT2D eigenvalue weighted by molar-refractivity contribution is -0.155. The Morgan fingerprint density at radius 1 is 1.29 bits per heavy atom. The van der Waals surface area contributed by atoms with Gasteiger partial charge in [-0.15, -0.1) is 0 Å². The Hall–Kier alpha value is -1.18. The van der Waals surface area contributed by atoms with E-state index in [1.165, 1.54) is 6.92 Å². The van der Waals surface area contributed by atoms with Crippen molar-refractivity contribution in [2.24, 2.45) is 17.8 Å². The number of hydrogen-bond acceptors (Lipinski definition) is 7. The Balaban J connectivity index is 1.64. The molecule has 5 aliphatic rings. The topological polar surface area (TPSA) is 97.9 Å². The fourth-order valence-corrected chi connectivity index (χ4v) is 5.94. The van der Waals surface area contributed by atoms with Gasteiger partial charge in [-0.1, -0.05) is 6.92 Å². The molecule has 0 amide bonds. The van der Waals surface area contributed by atoms with Crippen LogP contribution >= 0.6 is 0 Å². The third-order valence-electron chi connectivity index (χ3n) is 7.03. The average Bonchev–Trinajstić information content (AvgIpc) is 3.29. The van der Waals surface area contributed by atoms with Gasteiger partial charge in [-0.25, -0.2) is 0 Å². The number of carbonyl (C=O) groups excluding carboxylic acids is 2. The van der Waals surface area contributed by atoms with Gasteiger partial charge in [-0.05, 0) is 13.8 Å². The van der Waals surface area contributed by atoms with E-state index in [-0.39, 0.29) is 36.4 Å². The highest BCUT2D eigenvalue weighted by Crippen LogP contribution is 2.75. The lowest BCUT2D eigenvalue weighted by Gasteiger charge is -2.36. The van der Waals surface area contributed by atoms with Crippen LogP contribution in [0.5, 0.6) is 0 Å². The minimum absolute atomic E-state index is 0.0606. The number of rotatable bonds is 1. The third-order valence-corrected chi connectivity index (χ3v) is 7.03. The van der Waals surface area contributed by atoms with Gasteiger partial charge < -0.3 is 24.1 Å². The summed E-state index contributed by atoms with van der Waals surface area (Å²) in [5, 5.41) is 11.3. The normalized spacial score (nSPS) is 62.5. The second kappa shape index (κ2) is 3.97. The standard InChI is InChI=1S/C17H22O7/c1-6-9-8(21-7(2)18)5-15(3,20)17-11(10(9)22-14(6)19)16(4)12(23-16)13(17)24-17/h6,8-13,20H,5H2,1-4H3/t6-,8+,9-,10+,11+,12+,13-,15-,16-,17+/m1/s1. The minimum atomic E-state index is -1.18. The Bertz CT molecular complexity index is 659. The number of carbonyl (C=O) groups is 2. The summed E-state index contributed by atoms with van der Waals surface area (Å²) in [6.07, 6.45) is -1.09. The van der Waals surface area contributed by atoms with Gasteiger partial charge in [0.1, 0.15) is 35.6 Å². The molecule has 0 unspecified atom stereocenters. The Morgan fingerprint density at radius 2 is 2.00 bits per heavy atom. The zero-order chi connectivity index (χ0) is 17.2. The molecule has 5 fully saturated rings. The van der Waals surface area contributed by atoms with Crippen molar-refractivity contribution in [1.29, 1.82) is 0 Å². The summed E-state index contributed by atoms with van der Waals surface area (Å²) in [6, 6.07) is 0. The average molecular weight is 338 g/mol. The number of fused-ring (bicyclic) bond motifs is 5. The fraction of sp³-hybridized carbons (Fsp3) is 0.882. The molecule has 3 aliphatic heterocycles. The first-order valence-electron chi connectivity index (χ1n) is 8.59. The van der Waals surface area contributed by atoms with Crippen LogP contribution in [0.1, 0.15) is 34.1 Å². The Labute approximate surface area is 139 Å². The lowest BCUT2D eigenvalue weighted by Crippen LogP contribution is -2.53. The zero-order valence-electron chi connectivity index (χ0n) is 14.1.